The molecule has 1 aromatic carbocycles. The largest absolute Gasteiger partial charge is 0.466 e. The summed E-state index contributed by atoms with van der Waals surface area (Å²) in [5.74, 6) is 0.724. The van der Waals surface area contributed by atoms with Crippen molar-refractivity contribution in [3.8, 4) is 0 Å². The molecule has 0 aliphatic carbocycles. The van der Waals surface area contributed by atoms with Gasteiger partial charge in [-0.1, -0.05) is 25.0 Å². The summed E-state index contributed by atoms with van der Waals surface area (Å²) in [6.07, 6.45) is 6.98. The number of hydrogen-bond donors (Lipinski definition) is 2. The topological polar surface area (TPSA) is 83.6 Å². The van der Waals surface area contributed by atoms with Crippen molar-refractivity contribution in [2.75, 3.05) is 29.9 Å². The summed E-state index contributed by atoms with van der Waals surface area (Å²) in [7, 11) is 0. The third-order valence-corrected chi connectivity index (χ3v) is 5.06. The van der Waals surface area contributed by atoms with E-state index in [0.717, 1.165) is 30.0 Å². The molecule has 1 aliphatic rings. The van der Waals surface area contributed by atoms with Crippen molar-refractivity contribution in [3.63, 3.8) is 0 Å². The fourth-order valence-corrected chi connectivity index (χ4v) is 3.49. The van der Waals surface area contributed by atoms with Crippen LogP contribution in [0.1, 0.15) is 43.7 Å². The van der Waals surface area contributed by atoms with Crippen LogP contribution >= 0.6 is 0 Å². The van der Waals surface area contributed by atoms with Crippen LogP contribution in [0.4, 0.5) is 16.3 Å². The summed E-state index contributed by atoms with van der Waals surface area (Å²) < 4.78 is 4.94. The monoisotopic (exact) mass is 410 g/mol. The van der Waals surface area contributed by atoms with E-state index >= 15 is 0 Å². The molecule has 0 radical (unpaired) electrons. The third kappa shape index (κ3) is 6.76. The Morgan fingerprint density at radius 1 is 1.03 bits per heavy atom. The zero-order chi connectivity index (χ0) is 21.2. The van der Waals surface area contributed by atoms with E-state index in [4.69, 9.17) is 4.74 Å². The predicted molar refractivity (Wildman–Crippen MR) is 118 cm³/mol. The number of nitrogens with zero attached hydrogens (tertiary/aromatic N) is 2. The predicted octanol–water partition coefficient (Wildman–Crippen LogP) is 3.89. The van der Waals surface area contributed by atoms with Gasteiger partial charge in [0.1, 0.15) is 5.82 Å². The second-order valence-electron chi connectivity index (χ2n) is 7.41. The van der Waals surface area contributed by atoms with Gasteiger partial charge >= 0.3 is 12.0 Å². The summed E-state index contributed by atoms with van der Waals surface area (Å²) in [6, 6.07) is 10.9. The van der Waals surface area contributed by atoms with E-state index in [1.807, 2.05) is 18.2 Å². The van der Waals surface area contributed by atoms with Gasteiger partial charge in [-0.2, -0.15) is 0 Å². The maximum absolute atomic E-state index is 12.2. The Morgan fingerprint density at radius 2 is 1.77 bits per heavy atom. The van der Waals surface area contributed by atoms with Crippen molar-refractivity contribution in [1.29, 1.82) is 0 Å². The van der Waals surface area contributed by atoms with Gasteiger partial charge in [0.2, 0.25) is 0 Å². The summed E-state index contributed by atoms with van der Waals surface area (Å²) in [5.41, 5.74) is 2.53. The van der Waals surface area contributed by atoms with Crippen molar-refractivity contribution in [2.24, 2.45) is 0 Å². The molecule has 1 fully saturated rings. The quantitative estimate of drug-likeness (QED) is 0.677. The van der Waals surface area contributed by atoms with Crippen LogP contribution in [-0.2, 0) is 22.5 Å². The zero-order valence-corrected chi connectivity index (χ0v) is 17.5. The minimum atomic E-state index is -0.277. The fourth-order valence-electron chi connectivity index (χ4n) is 3.49. The Balaban J connectivity index is 1.48. The van der Waals surface area contributed by atoms with Crippen molar-refractivity contribution in [3.05, 3.63) is 53.7 Å². The van der Waals surface area contributed by atoms with E-state index in [2.05, 4.69) is 26.6 Å². The summed E-state index contributed by atoms with van der Waals surface area (Å²) >= 11 is 0. The number of anilines is 2. The highest BCUT2D eigenvalue weighted by Gasteiger charge is 2.12. The molecule has 7 heteroatoms. The lowest BCUT2D eigenvalue weighted by Crippen LogP contribution is -2.28. The van der Waals surface area contributed by atoms with Crippen molar-refractivity contribution in [1.82, 2.24) is 10.3 Å². The molecule has 7 nitrogen and oxygen atoms in total. The average molecular weight is 411 g/mol. The number of esters is 1. The lowest BCUT2D eigenvalue weighted by Gasteiger charge is -2.21. The lowest BCUT2D eigenvalue weighted by atomic mass is 10.1. The van der Waals surface area contributed by atoms with Crippen LogP contribution < -0.4 is 15.5 Å². The number of pyridine rings is 1. The molecule has 2 aromatic rings. The number of aromatic nitrogens is 1. The van der Waals surface area contributed by atoms with Gasteiger partial charge in [-0.3, -0.25) is 4.79 Å². The minimum absolute atomic E-state index is 0.224. The highest BCUT2D eigenvalue weighted by atomic mass is 16.5. The maximum Gasteiger partial charge on any atom is 0.319 e. The Morgan fingerprint density at radius 3 is 2.47 bits per heavy atom. The molecule has 0 unspecified atom stereocenters. The fraction of sp³-hybridized carbons (Fsp3) is 0.435. The summed E-state index contributed by atoms with van der Waals surface area (Å²) in [6.45, 7) is 4.66. The molecule has 2 amide bonds. The van der Waals surface area contributed by atoms with E-state index < -0.39 is 0 Å². The van der Waals surface area contributed by atoms with Crippen LogP contribution in [-0.4, -0.2) is 36.7 Å². The van der Waals surface area contributed by atoms with E-state index in [1.54, 1.807) is 25.3 Å². The molecule has 1 saturated heterocycles. The Bertz CT molecular complexity index is 831. The normalized spacial score (nSPS) is 14.0. The van der Waals surface area contributed by atoms with E-state index in [0.29, 0.717) is 18.8 Å². The van der Waals surface area contributed by atoms with Gasteiger partial charge in [-0.15, -0.1) is 0 Å². The number of nitrogens with one attached hydrogen (secondary N) is 2. The van der Waals surface area contributed by atoms with Crippen LogP contribution in [0.5, 0.6) is 0 Å². The molecule has 0 spiro atoms. The number of carbonyl (C=O) groups excluding carboxylic acids is 2. The van der Waals surface area contributed by atoms with Gasteiger partial charge in [0.25, 0.3) is 0 Å². The zero-order valence-electron chi connectivity index (χ0n) is 17.5. The molecule has 3 rings (SSSR count). The van der Waals surface area contributed by atoms with Gasteiger partial charge < -0.3 is 20.3 Å². The molecular weight excluding hydrogens is 380 g/mol. The van der Waals surface area contributed by atoms with Crippen molar-refractivity contribution >= 4 is 23.5 Å². The van der Waals surface area contributed by atoms with Gasteiger partial charge in [0, 0.05) is 31.5 Å². The Hall–Kier alpha value is -3.09. The summed E-state index contributed by atoms with van der Waals surface area (Å²) in [5, 5.41) is 5.69. The highest BCUT2D eigenvalue weighted by Crippen LogP contribution is 2.18. The minimum Gasteiger partial charge on any atom is -0.466 e. The van der Waals surface area contributed by atoms with Gasteiger partial charge in [0.05, 0.1) is 13.0 Å². The number of amides is 2. The first-order chi connectivity index (χ1) is 14.6. The van der Waals surface area contributed by atoms with Crippen LogP contribution in [0.15, 0.2) is 42.6 Å². The molecule has 2 N–H and O–H groups in total. The average Bonchev–Trinajstić information content (AvgIpc) is 3.04. The van der Waals surface area contributed by atoms with E-state index in [1.165, 1.54) is 25.7 Å². The molecule has 0 bridgehead atoms. The van der Waals surface area contributed by atoms with Crippen LogP contribution in [0.3, 0.4) is 0 Å². The standard InChI is InChI=1S/C23H30N4O3/c1-2-30-22(28)16-18-7-9-20(10-8-18)26-23(29)25-17-19-11-12-24-21(15-19)27-13-5-3-4-6-14-27/h7-12,15H,2-6,13-14,16-17H2,1H3,(H2,25,26,29). The Labute approximate surface area is 177 Å². The second kappa shape index (κ2) is 11.2. The van der Waals surface area contributed by atoms with Crippen LogP contribution in [0.2, 0.25) is 0 Å². The molecule has 0 atom stereocenters. The highest BCUT2D eigenvalue weighted by molar-refractivity contribution is 5.89. The molecule has 1 aliphatic heterocycles. The number of urea groups is 1. The van der Waals surface area contributed by atoms with Gasteiger partial charge in [0.15, 0.2) is 0 Å². The van der Waals surface area contributed by atoms with Crippen molar-refractivity contribution in [2.45, 2.75) is 45.6 Å². The van der Waals surface area contributed by atoms with Gasteiger partial charge in [-0.25, -0.2) is 9.78 Å². The van der Waals surface area contributed by atoms with Gasteiger partial charge in [-0.05, 0) is 55.2 Å². The number of carbonyl (C=O) groups is 2. The van der Waals surface area contributed by atoms with E-state index in [9.17, 15) is 9.59 Å². The third-order valence-electron chi connectivity index (χ3n) is 5.06. The number of rotatable bonds is 7. The lowest BCUT2D eigenvalue weighted by molar-refractivity contribution is -0.142. The first kappa shape index (κ1) is 21.6. The first-order valence-corrected chi connectivity index (χ1v) is 10.6. The maximum atomic E-state index is 12.2. The number of benzene rings is 1. The molecule has 1 aromatic heterocycles. The van der Waals surface area contributed by atoms with Crippen LogP contribution in [0, 0.1) is 0 Å². The molecular formula is C23H30N4O3. The van der Waals surface area contributed by atoms with Crippen LogP contribution in [0.25, 0.3) is 0 Å². The number of hydrogen-bond acceptors (Lipinski definition) is 5. The number of ether oxygens (including phenoxy) is 1. The van der Waals surface area contributed by atoms with Crippen molar-refractivity contribution < 1.29 is 14.3 Å². The Kier molecular flexibility index (Phi) is 8.06. The van der Waals surface area contributed by atoms with E-state index in [-0.39, 0.29) is 18.4 Å². The molecule has 30 heavy (non-hydrogen) atoms. The smallest absolute Gasteiger partial charge is 0.319 e. The summed E-state index contributed by atoms with van der Waals surface area (Å²) in [4.78, 5) is 30.6. The molecule has 160 valence electrons. The SMILES string of the molecule is CCOC(=O)Cc1ccc(NC(=O)NCc2ccnc(N3CCCCCC3)c2)cc1. The molecule has 2 heterocycles. The second-order valence-corrected chi connectivity index (χ2v) is 7.41. The first-order valence-electron chi connectivity index (χ1n) is 10.6. The molecule has 0 saturated carbocycles.